The normalized spacial score (nSPS) is 10.2. The van der Waals surface area contributed by atoms with Crippen LogP contribution in [0.5, 0.6) is 0 Å². The van der Waals surface area contributed by atoms with Crippen molar-refractivity contribution in [1.29, 1.82) is 0 Å². The van der Waals surface area contributed by atoms with E-state index in [2.05, 4.69) is 4.98 Å². The second-order valence-corrected chi connectivity index (χ2v) is 2.85. The van der Waals surface area contributed by atoms with Crippen molar-refractivity contribution in [3.63, 3.8) is 0 Å². The Balaban J connectivity index is 3.46. The number of hydrogen-bond acceptors (Lipinski definition) is 2. The Kier molecular flexibility index (Phi) is 2.42. The SMILES string of the molecule is Nc1c(Cl)c(F)nc(Cl)c1Cl. The van der Waals surface area contributed by atoms with Gasteiger partial charge in [-0.1, -0.05) is 34.8 Å². The van der Waals surface area contributed by atoms with Crippen molar-refractivity contribution in [3.05, 3.63) is 21.1 Å². The maximum Gasteiger partial charge on any atom is 0.235 e. The second kappa shape index (κ2) is 3.01. The van der Waals surface area contributed by atoms with E-state index in [1.54, 1.807) is 0 Å². The fraction of sp³-hybridized carbons (Fsp3) is 0. The standard InChI is InChI=1S/C5H2Cl3FN2/c6-1-3(10)2(7)5(9)11-4(1)8/h(H2,10,11). The molecule has 0 aromatic carbocycles. The van der Waals surface area contributed by atoms with Gasteiger partial charge in [0, 0.05) is 0 Å². The molecule has 0 saturated heterocycles. The molecule has 1 heterocycles. The van der Waals surface area contributed by atoms with Crippen molar-refractivity contribution in [1.82, 2.24) is 4.98 Å². The molecule has 1 aromatic rings. The van der Waals surface area contributed by atoms with Gasteiger partial charge in [0.2, 0.25) is 5.95 Å². The highest BCUT2D eigenvalue weighted by Gasteiger charge is 2.12. The number of nitrogens with two attached hydrogens (primary N) is 1. The van der Waals surface area contributed by atoms with Gasteiger partial charge in [-0.15, -0.1) is 0 Å². The minimum Gasteiger partial charge on any atom is -0.396 e. The number of halogens is 4. The van der Waals surface area contributed by atoms with E-state index in [1.807, 2.05) is 0 Å². The number of nitrogen functional groups attached to an aromatic ring is 1. The molecular weight excluding hydrogens is 213 g/mol. The first kappa shape index (κ1) is 8.84. The molecular formula is C5H2Cl3FN2. The Labute approximate surface area is 77.1 Å². The van der Waals surface area contributed by atoms with Gasteiger partial charge in [0.25, 0.3) is 0 Å². The fourth-order valence-corrected chi connectivity index (χ4v) is 1.00. The van der Waals surface area contributed by atoms with E-state index < -0.39 is 5.95 Å². The Morgan fingerprint density at radius 3 is 2.27 bits per heavy atom. The quantitative estimate of drug-likeness (QED) is 0.676. The molecule has 60 valence electrons. The van der Waals surface area contributed by atoms with Crippen molar-refractivity contribution in [2.75, 3.05) is 5.73 Å². The van der Waals surface area contributed by atoms with Crippen LogP contribution in [-0.4, -0.2) is 4.98 Å². The minimum absolute atomic E-state index is 0.0296. The van der Waals surface area contributed by atoms with Crippen molar-refractivity contribution in [2.24, 2.45) is 0 Å². The molecule has 2 nitrogen and oxygen atoms in total. The molecule has 0 amide bonds. The zero-order valence-corrected chi connectivity index (χ0v) is 7.30. The van der Waals surface area contributed by atoms with Crippen molar-refractivity contribution in [3.8, 4) is 0 Å². The first-order valence-electron chi connectivity index (χ1n) is 2.49. The van der Waals surface area contributed by atoms with Crippen molar-refractivity contribution < 1.29 is 4.39 Å². The van der Waals surface area contributed by atoms with Gasteiger partial charge < -0.3 is 5.73 Å². The highest BCUT2D eigenvalue weighted by atomic mass is 35.5. The predicted molar refractivity (Wildman–Crippen MR) is 43.6 cm³/mol. The topological polar surface area (TPSA) is 38.9 Å². The van der Waals surface area contributed by atoms with Crippen LogP contribution in [0.15, 0.2) is 0 Å². The maximum atomic E-state index is 12.6. The zero-order valence-electron chi connectivity index (χ0n) is 5.04. The zero-order chi connectivity index (χ0) is 8.59. The molecule has 2 N–H and O–H groups in total. The maximum absolute atomic E-state index is 12.6. The molecule has 0 bridgehead atoms. The van der Waals surface area contributed by atoms with Gasteiger partial charge in [-0.25, -0.2) is 4.98 Å². The molecule has 0 spiro atoms. The molecule has 1 aromatic heterocycles. The molecule has 0 radical (unpaired) electrons. The summed E-state index contributed by atoms with van der Waals surface area (Å²) in [6, 6.07) is 0. The molecule has 0 unspecified atom stereocenters. The average molecular weight is 215 g/mol. The summed E-state index contributed by atoms with van der Waals surface area (Å²) in [4.78, 5) is 3.19. The predicted octanol–water partition coefficient (Wildman–Crippen LogP) is 2.76. The molecule has 1 rings (SSSR count). The van der Waals surface area contributed by atoms with Crippen LogP contribution in [0.4, 0.5) is 10.1 Å². The Hall–Kier alpha value is -0.250. The lowest BCUT2D eigenvalue weighted by molar-refractivity contribution is 0.585. The lowest BCUT2D eigenvalue weighted by Gasteiger charge is -2.01. The second-order valence-electron chi connectivity index (χ2n) is 1.74. The molecule has 11 heavy (non-hydrogen) atoms. The number of hydrogen-bond donors (Lipinski definition) is 1. The van der Waals surface area contributed by atoms with Crippen LogP contribution in [0.3, 0.4) is 0 Å². The van der Waals surface area contributed by atoms with E-state index >= 15 is 0 Å². The lowest BCUT2D eigenvalue weighted by Crippen LogP contribution is -1.95. The number of rotatable bonds is 0. The van der Waals surface area contributed by atoms with Crippen LogP contribution in [0.2, 0.25) is 15.2 Å². The molecule has 6 heteroatoms. The van der Waals surface area contributed by atoms with Gasteiger partial charge in [0.05, 0.1) is 5.69 Å². The summed E-state index contributed by atoms with van der Waals surface area (Å²) in [5.74, 6) is -0.918. The van der Waals surface area contributed by atoms with Crippen LogP contribution in [0, 0.1) is 5.95 Å². The van der Waals surface area contributed by atoms with Gasteiger partial charge in [-0.2, -0.15) is 4.39 Å². The minimum atomic E-state index is -0.918. The summed E-state index contributed by atoms with van der Waals surface area (Å²) in [5, 5.41) is -0.525. The van der Waals surface area contributed by atoms with Crippen molar-refractivity contribution >= 4 is 40.5 Å². The first-order valence-corrected chi connectivity index (χ1v) is 3.63. The highest BCUT2D eigenvalue weighted by Crippen LogP contribution is 2.33. The average Bonchev–Trinajstić information content (AvgIpc) is 1.97. The van der Waals surface area contributed by atoms with Gasteiger partial charge in [-0.05, 0) is 0 Å². The number of nitrogens with zero attached hydrogens (tertiary/aromatic N) is 1. The van der Waals surface area contributed by atoms with Gasteiger partial charge >= 0.3 is 0 Å². The smallest absolute Gasteiger partial charge is 0.235 e. The Morgan fingerprint density at radius 2 is 1.73 bits per heavy atom. The third kappa shape index (κ3) is 1.50. The molecule has 0 saturated carbocycles. The molecule has 0 fully saturated rings. The molecule has 0 atom stereocenters. The first-order chi connectivity index (χ1) is 5.04. The summed E-state index contributed by atoms with van der Waals surface area (Å²) >= 11 is 16.2. The van der Waals surface area contributed by atoms with E-state index in [9.17, 15) is 4.39 Å². The van der Waals surface area contributed by atoms with Crippen LogP contribution in [0.1, 0.15) is 0 Å². The van der Waals surface area contributed by atoms with Crippen molar-refractivity contribution in [2.45, 2.75) is 0 Å². The summed E-state index contributed by atoms with van der Waals surface area (Å²) in [7, 11) is 0. The van der Waals surface area contributed by atoms with E-state index in [1.165, 1.54) is 0 Å². The van der Waals surface area contributed by atoms with Crippen LogP contribution < -0.4 is 5.73 Å². The van der Waals surface area contributed by atoms with E-state index in [0.29, 0.717) is 0 Å². The number of pyridine rings is 1. The molecule has 0 aliphatic heterocycles. The van der Waals surface area contributed by atoms with Gasteiger partial charge in [-0.3, -0.25) is 0 Å². The van der Waals surface area contributed by atoms with Crippen LogP contribution in [-0.2, 0) is 0 Å². The summed E-state index contributed by atoms with van der Waals surface area (Å²) in [5.41, 5.74) is 5.16. The summed E-state index contributed by atoms with van der Waals surface area (Å²) in [6.07, 6.45) is 0. The van der Waals surface area contributed by atoms with Crippen LogP contribution >= 0.6 is 34.8 Å². The van der Waals surface area contributed by atoms with E-state index in [-0.39, 0.29) is 20.9 Å². The highest BCUT2D eigenvalue weighted by molar-refractivity contribution is 6.45. The monoisotopic (exact) mass is 214 g/mol. The largest absolute Gasteiger partial charge is 0.396 e. The number of anilines is 1. The fourth-order valence-electron chi connectivity index (χ4n) is 0.503. The third-order valence-electron chi connectivity index (χ3n) is 1.03. The lowest BCUT2D eigenvalue weighted by atomic mass is 10.4. The third-order valence-corrected chi connectivity index (χ3v) is 2.14. The summed E-state index contributed by atoms with van der Waals surface area (Å²) < 4.78 is 12.6. The van der Waals surface area contributed by atoms with Gasteiger partial charge in [0.1, 0.15) is 10.0 Å². The van der Waals surface area contributed by atoms with E-state index in [0.717, 1.165) is 0 Å². The Bertz CT molecular complexity index is 276. The summed E-state index contributed by atoms with van der Waals surface area (Å²) in [6.45, 7) is 0. The molecule has 0 aliphatic carbocycles. The Morgan fingerprint density at radius 1 is 1.18 bits per heavy atom. The molecule has 0 aliphatic rings. The number of aromatic nitrogens is 1. The van der Waals surface area contributed by atoms with E-state index in [4.69, 9.17) is 40.5 Å². The van der Waals surface area contributed by atoms with Crippen LogP contribution in [0.25, 0.3) is 0 Å². The van der Waals surface area contributed by atoms with Gasteiger partial charge in [0.15, 0.2) is 5.15 Å².